The number of aliphatic carboxylic acids is 1. The van der Waals surface area contributed by atoms with Crippen LogP contribution in [-0.2, 0) is 13.4 Å². The van der Waals surface area contributed by atoms with E-state index >= 15 is 0 Å². The van der Waals surface area contributed by atoms with Gasteiger partial charge < -0.3 is 8.93 Å². The number of carbonyl (C=O) groups is 2. The molecule has 0 saturated carbocycles. The Morgan fingerprint density at radius 1 is 1.44 bits per heavy atom. The number of hydrogen-bond donors (Lipinski definition) is 1. The maximum atomic E-state index is 10.1. The van der Waals surface area contributed by atoms with Crippen LogP contribution in [0.2, 0.25) is 0 Å². The first kappa shape index (κ1) is 8.16. The van der Waals surface area contributed by atoms with E-state index in [0.29, 0.717) is 6.08 Å². The van der Waals surface area contributed by atoms with Gasteiger partial charge in [-0.3, -0.25) is 0 Å². The van der Waals surface area contributed by atoms with Crippen LogP contribution >= 0.6 is 16.3 Å². The van der Waals surface area contributed by atoms with E-state index in [1.54, 1.807) is 0 Å². The Bertz CT molecular complexity index is 151. The van der Waals surface area contributed by atoms with Gasteiger partial charge in [0.1, 0.15) is 0 Å². The van der Waals surface area contributed by atoms with Gasteiger partial charge in [-0.2, -0.15) is 0 Å². The number of halogens is 1. The second kappa shape index (κ2) is 4.08. The van der Waals surface area contributed by atoms with Crippen LogP contribution in [0.25, 0.3) is 0 Å². The molecule has 0 spiro atoms. The third-order valence-electron chi connectivity index (χ3n) is 0.438. The Kier molecular flexibility index (Phi) is 3.70. The predicted molar refractivity (Wildman–Crippen MR) is 31.8 cm³/mol. The number of hydrogen-bond acceptors (Lipinski definition) is 3. The highest BCUT2D eigenvalue weighted by atomic mass is 79.9. The molecule has 0 aromatic rings. The fraction of sp³-hybridized carbons (Fsp3) is 0. The van der Waals surface area contributed by atoms with Crippen LogP contribution in [0, 0.1) is 0 Å². The van der Waals surface area contributed by atoms with Gasteiger partial charge in [-0.15, -0.1) is 0 Å². The van der Waals surface area contributed by atoms with Crippen molar-refractivity contribution < 1.29 is 18.5 Å². The zero-order valence-electron chi connectivity index (χ0n) is 4.20. The lowest BCUT2D eigenvalue weighted by atomic mass is 10.5. The maximum absolute atomic E-state index is 10.1. The van der Waals surface area contributed by atoms with Gasteiger partial charge in [0.2, 0.25) is 0 Å². The Morgan fingerprint density at radius 2 is 2.00 bits per heavy atom. The highest BCUT2D eigenvalue weighted by Crippen LogP contribution is 1.86. The third-order valence-corrected chi connectivity index (χ3v) is 0.757. The Balaban J connectivity index is 3.71. The molecule has 0 bridgehead atoms. The summed E-state index contributed by atoms with van der Waals surface area (Å²) in [6.45, 7) is 0. The lowest BCUT2D eigenvalue weighted by Crippen LogP contribution is -1.93. The molecule has 50 valence electrons. The van der Waals surface area contributed by atoms with Crippen LogP contribution in [0.3, 0.4) is 0 Å². The number of carbonyl (C=O) groups excluding carboxylic acids is 1. The van der Waals surface area contributed by atoms with Crippen LogP contribution in [0.5, 0.6) is 0 Å². The van der Waals surface area contributed by atoms with Crippen LogP contribution < -0.4 is 0 Å². The normalized spacial score (nSPS) is 9.44. The van der Waals surface area contributed by atoms with E-state index in [0.717, 1.165) is 6.08 Å². The van der Waals surface area contributed by atoms with Crippen molar-refractivity contribution >= 4 is 28.2 Å². The molecule has 0 aliphatic rings. The highest BCUT2D eigenvalue weighted by Gasteiger charge is 1.93. The molecule has 9 heavy (non-hydrogen) atoms. The average Bonchev–Trinajstić information content (AvgIpc) is 1.83. The molecule has 0 heterocycles. The fourth-order valence-corrected chi connectivity index (χ4v) is 0.273. The molecule has 0 aliphatic heterocycles. The summed E-state index contributed by atoms with van der Waals surface area (Å²) >= 11 is 2.37. The Morgan fingerprint density at radius 3 is 2.33 bits per heavy atom. The van der Waals surface area contributed by atoms with E-state index in [4.69, 9.17) is 5.11 Å². The van der Waals surface area contributed by atoms with Crippen molar-refractivity contribution in [2.75, 3.05) is 0 Å². The first-order chi connectivity index (χ1) is 4.16. The van der Waals surface area contributed by atoms with E-state index in [1.807, 2.05) is 0 Å². The van der Waals surface area contributed by atoms with Crippen molar-refractivity contribution in [1.29, 1.82) is 0 Å². The van der Waals surface area contributed by atoms with Crippen molar-refractivity contribution in [3.8, 4) is 0 Å². The summed E-state index contributed by atoms with van der Waals surface area (Å²) in [6, 6.07) is 0. The minimum absolute atomic E-state index is 0.684. The summed E-state index contributed by atoms with van der Waals surface area (Å²) in [7, 11) is 0. The zero-order chi connectivity index (χ0) is 7.28. The average molecular weight is 195 g/mol. The number of carboxylic acid groups (broad SMARTS) is 1. The molecule has 5 heteroatoms. The van der Waals surface area contributed by atoms with Gasteiger partial charge >= 0.3 is 11.9 Å². The minimum atomic E-state index is -1.19. The van der Waals surface area contributed by atoms with Crippen molar-refractivity contribution in [1.82, 2.24) is 0 Å². The van der Waals surface area contributed by atoms with Crippen LogP contribution in [0.4, 0.5) is 0 Å². The standard InChI is InChI=1S/C4H3BrO4/c5-9-4(8)2-1-3(6)7/h1-2H,(H,6,7). The lowest BCUT2D eigenvalue weighted by Gasteiger charge is -1.81. The molecular formula is C4H3BrO4. The molecular weight excluding hydrogens is 192 g/mol. The third kappa shape index (κ3) is 5.02. The van der Waals surface area contributed by atoms with Crippen molar-refractivity contribution in [3.63, 3.8) is 0 Å². The minimum Gasteiger partial charge on any atom is -0.478 e. The number of carboxylic acids is 1. The molecule has 0 rings (SSSR count). The Hall–Kier alpha value is -0.840. The summed E-state index contributed by atoms with van der Waals surface area (Å²) in [5, 5.41) is 7.95. The van der Waals surface area contributed by atoms with E-state index < -0.39 is 11.9 Å². The van der Waals surface area contributed by atoms with E-state index in [9.17, 15) is 9.59 Å². The quantitative estimate of drug-likeness (QED) is 0.650. The molecule has 1 N–H and O–H groups in total. The van der Waals surface area contributed by atoms with Gasteiger partial charge in [0.25, 0.3) is 0 Å². The summed E-state index contributed by atoms with van der Waals surface area (Å²) in [6.07, 6.45) is 1.47. The van der Waals surface area contributed by atoms with Gasteiger partial charge in [-0.05, 0) is 0 Å². The monoisotopic (exact) mass is 194 g/mol. The van der Waals surface area contributed by atoms with Crippen molar-refractivity contribution in [3.05, 3.63) is 12.2 Å². The molecule has 4 nitrogen and oxygen atoms in total. The zero-order valence-corrected chi connectivity index (χ0v) is 5.79. The van der Waals surface area contributed by atoms with Crippen molar-refractivity contribution in [2.24, 2.45) is 0 Å². The molecule has 0 atom stereocenters. The predicted octanol–water partition coefficient (Wildman–Crippen LogP) is 0.480. The summed E-state index contributed by atoms with van der Waals surface area (Å²) in [5.41, 5.74) is 0. The second-order valence-corrected chi connectivity index (χ2v) is 1.39. The molecule has 0 radical (unpaired) electrons. The Labute approximate surface area is 59.6 Å². The van der Waals surface area contributed by atoms with Crippen LogP contribution in [-0.4, -0.2) is 17.0 Å². The van der Waals surface area contributed by atoms with Gasteiger partial charge in [0, 0.05) is 12.2 Å². The van der Waals surface area contributed by atoms with E-state index in [-0.39, 0.29) is 0 Å². The molecule has 0 fully saturated rings. The van der Waals surface area contributed by atoms with E-state index in [1.165, 1.54) is 0 Å². The topological polar surface area (TPSA) is 63.6 Å². The number of rotatable bonds is 2. The van der Waals surface area contributed by atoms with Crippen molar-refractivity contribution in [2.45, 2.75) is 0 Å². The fourth-order valence-electron chi connectivity index (χ4n) is 0.165. The van der Waals surface area contributed by atoms with Gasteiger partial charge in [-0.1, -0.05) is 0 Å². The SMILES string of the molecule is O=C(O)C=CC(=O)OBr. The molecule has 0 aromatic heterocycles. The van der Waals surface area contributed by atoms with Gasteiger partial charge in [0.15, 0.2) is 16.3 Å². The largest absolute Gasteiger partial charge is 0.478 e. The summed E-state index contributed by atoms with van der Waals surface area (Å²) in [5.74, 6) is -1.94. The smallest absolute Gasteiger partial charge is 0.342 e. The molecule has 0 amide bonds. The van der Waals surface area contributed by atoms with Crippen LogP contribution in [0.1, 0.15) is 0 Å². The van der Waals surface area contributed by atoms with Crippen LogP contribution in [0.15, 0.2) is 12.2 Å². The summed E-state index contributed by atoms with van der Waals surface area (Å²) < 4.78 is 3.92. The summed E-state index contributed by atoms with van der Waals surface area (Å²) in [4.78, 5) is 19.8. The first-order valence-electron chi connectivity index (χ1n) is 1.90. The maximum Gasteiger partial charge on any atom is 0.342 e. The van der Waals surface area contributed by atoms with E-state index in [2.05, 4.69) is 20.1 Å². The second-order valence-electron chi connectivity index (χ2n) is 1.07. The molecule has 0 aliphatic carbocycles. The van der Waals surface area contributed by atoms with Gasteiger partial charge in [0.05, 0.1) is 0 Å². The molecule has 0 unspecified atom stereocenters. The lowest BCUT2D eigenvalue weighted by molar-refractivity contribution is -0.132. The molecule has 0 saturated heterocycles. The highest BCUT2D eigenvalue weighted by molar-refractivity contribution is 9.06. The van der Waals surface area contributed by atoms with Gasteiger partial charge in [-0.25, -0.2) is 9.59 Å². The molecule has 0 aromatic carbocycles. The first-order valence-corrected chi connectivity index (χ1v) is 2.55.